The standard InChI is InChI=1S/C17H16F3N3O3/c1-11-9-13(22-16(21-11)17(18,19)20)15(26)23(10-14(24)25)8-7-12-5-3-2-4-6-12/h2-6,9H,7-8,10H2,1H3,(H,24,25). The van der Waals surface area contributed by atoms with Crippen LogP contribution in [0.4, 0.5) is 13.2 Å². The van der Waals surface area contributed by atoms with Crippen LogP contribution in [0.3, 0.4) is 0 Å². The van der Waals surface area contributed by atoms with Gasteiger partial charge >= 0.3 is 12.1 Å². The van der Waals surface area contributed by atoms with Crippen molar-refractivity contribution in [2.24, 2.45) is 0 Å². The highest BCUT2D eigenvalue weighted by Crippen LogP contribution is 2.26. The molecule has 0 saturated heterocycles. The lowest BCUT2D eigenvalue weighted by atomic mass is 10.1. The van der Waals surface area contributed by atoms with E-state index in [1.165, 1.54) is 6.92 Å². The molecule has 1 aromatic carbocycles. The van der Waals surface area contributed by atoms with E-state index in [2.05, 4.69) is 9.97 Å². The lowest BCUT2D eigenvalue weighted by molar-refractivity contribution is -0.145. The summed E-state index contributed by atoms with van der Waals surface area (Å²) in [4.78, 5) is 31.1. The van der Waals surface area contributed by atoms with Gasteiger partial charge in [-0.25, -0.2) is 9.97 Å². The fourth-order valence-electron chi connectivity index (χ4n) is 2.29. The third-order valence-electron chi connectivity index (χ3n) is 3.45. The molecule has 0 unspecified atom stereocenters. The van der Waals surface area contributed by atoms with Gasteiger partial charge in [-0.1, -0.05) is 30.3 Å². The number of benzene rings is 1. The number of rotatable bonds is 6. The maximum atomic E-state index is 12.8. The maximum Gasteiger partial charge on any atom is 0.451 e. The second-order valence-corrected chi connectivity index (χ2v) is 5.57. The summed E-state index contributed by atoms with van der Waals surface area (Å²) in [5, 5.41) is 9.01. The number of carbonyl (C=O) groups is 2. The van der Waals surface area contributed by atoms with Gasteiger partial charge in [-0.2, -0.15) is 13.2 Å². The number of hydrogen-bond acceptors (Lipinski definition) is 4. The van der Waals surface area contributed by atoms with Crippen LogP contribution in [-0.4, -0.2) is 44.9 Å². The van der Waals surface area contributed by atoms with Crippen LogP contribution in [0, 0.1) is 6.92 Å². The monoisotopic (exact) mass is 367 g/mol. The van der Waals surface area contributed by atoms with Gasteiger partial charge < -0.3 is 10.0 Å². The minimum Gasteiger partial charge on any atom is -0.480 e. The number of nitrogens with zero attached hydrogens (tertiary/aromatic N) is 3. The predicted octanol–water partition coefficient (Wildman–Crippen LogP) is 2.57. The zero-order valence-corrected chi connectivity index (χ0v) is 13.8. The number of alkyl halides is 3. The Morgan fingerprint density at radius 3 is 2.38 bits per heavy atom. The number of amides is 1. The number of carboxylic acids is 1. The molecule has 0 aliphatic rings. The number of carboxylic acid groups (broad SMARTS) is 1. The maximum absolute atomic E-state index is 12.8. The zero-order chi connectivity index (χ0) is 19.3. The van der Waals surface area contributed by atoms with Crippen LogP contribution < -0.4 is 0 Å². The van der Waals surface area contributed by atoms with Crippen molar-refractivity contribution in [2.75, 3.05) is 13.1 Å². The Kier molecular flexibility index (Phi) is 5.91. The summed E-state index contributed by atoms with van der Waals surface area (Å²) in [5.74, 6) is -3.59. The zero-order valence-electron chi connectivity index (χ0n) is 13.8. The quantitative estimate of drug-likeness (QED) is 0.848. The normalized spacial score (nSPS) is 11.2. The van der Waals surface area contributed by atoms with Crippen LogP contribution in [0.5, 0.6) is 0 Å². The van der Waals surface area contributed by atoms with Gasteiger partial charge in [0.25, 0.3) is 5.91 Å². The summed E-state index contributed by atoms with van der Waals surface area (Å²) in [7, 11) is 0. The average molecular weight is 367 g/mol. The van der Waals surface area contributed by atoms with Gasteiger partial charge in [0.15, 0.2) is 0 Å². The number of hydrogen-bond donors (Lipinski definition) is 1. The van der Waals surface area contributed by atoms with Gasteiger partial charge in [-0.3, -0.25) is 9.59 Å². The van der Waals surface area contributed by atoms with Crippen LogP contribution >= 0.6 is 0 Å². The largest absolute Gasteiger partial charge is 0.480 e. The van der Waals surface area contributed by atoms with E-state index >= 15 is 0 Å². The van der Waals surface area contributed by atoms with Crippen LogP contribution in [0.15, 0.2) is 36.4 Å². The molecule has 9 heteroatoms. The Morgan fingerprint density at radius 1 is 1.15 bits per heavy atom. The molecule has 0 aliphatic heterocycles. The molecule has 0 spiro atoms. The van der Waals surface area contributed by atoms with Gasteiger partial charge in [0.2, 0.25) is 5.82 Å². The highest BCUT2D eigenvalue weighted by molar-refractivity contribution is 5.94. The smallest absolute Gasteiger partial charge is 0.451 e. The fourth-order valence-corrected chi connectivity index (χ4v) is 2.29. The molecule has 0 atom stereocenters. The molecule has 0 aliphatic carbocycles. The minimum atomic E-state index is -4.80. The van der Waals surface area contributed by atoms with E-state index in [-0.39, 0.29) is 12.2 Å². The van der Waals surface area contributed by atoms with Crippen molar-refractivity contribution >= 4 is 11.9 Å². The average Bonchev–Trinajstić information content (AvgIpc) is 2.57. The third kappa shape index (κ3) is 5.27. The molecule has 0 saturated carbocycles. The molecule has 2 rings (SSSR count). The number of aliphatic carboxylic acids is 1. The third-order valence-corrected chi connectivity index (χ3v) is 3.45. The second kappa shape index (κ2) is 7.94. The number of aryl methyl sites for hydroxylation is 1. The summed E-state index contributed by atoms with van der Waals surface area (Å²) in [6, 6.07) is 10.1. The summed E-state index contributed by atoms with van der Waals surface area (Å²) >= 11 is 0. The van der Waals surface area contributed by atoms with Gasteiger partial charge in [0.1, 0.15) is 12.2 Å². The number of halogens is 3. The molecule has 6 nitrogen and oxygen atoms in total. The summed E-state index contributed by atoms with van der Waals surface area (Å²) in [5.41, 5.74) is 0.346. The highest BCUT2D eigenvalue weighted by atomic mass is 19.4. The number of carbonyl (C=O) groups excluding carboxylic acids is 1. The molecule has 1 aromatic heterocycles. The fraction of sp³-hybridized carbons (Fsp3) is 0.294. The first kappa shape index (κ1) is 19.4. The molecule has 0 radical (unpaired) electrons. The van der Waals surface area contributed by atoms with Crippen molar-refractivity contribution < 1.29 is 27.9 Å². The lowest BCUT2D eigenvalue weighted by Crippen LogP contribution is -2.38. The van der Waals surface area contributed by atoms with Crippen molar-refractivity contribution in [1.82, 2.24) is 14.9 Å². The molecule has 138 valence electrons. The van der Waals surface area contributed by atoms with E-state index in [0.29, 0.717) is 6.42 Å². The molecule has 2 aromatic rings. The van der Waals surface area contributed by atoms with Crippen LogP contribution in [-0.2, 0) is 17.4 Å². The van der Waals surface area contributed by atoms with E-state index in [1.54, 1.807) is 24.3 Å². The van der Waals surface area contributed by atoms with Crippen molar-refractivity contribution in [3.8, 4) is 0 Å². The Bertz CT molecular complexity index is 795. The Balaban J connectivity index is 2.25. The van der Waals surface area contributed by atoms with E-state index in [0.717, 1.165) is 16.5 Å². The number of aromatic nitrogens is 2. The Labute approximate surface area is 147 Å². The van der Waals surface area contributed by atoms with Crippen molar-refractivity contribution in [2.45, 2.75) is 19.5 Å². The molecule has 1 N–H and O–H groups in total. The van der Waals surface area contributed by atoms with Crippen LogP contribution in [0.2, 0.25) is 0 Å². The first-order valence-electron chi connectivity index (χ1n) is 7.64. The van der Waals surface area contributed by atoms with E-state index in [4.69, 9.17) is 5.11 Å². The topological polar surface area (TPSA) is 83.4 Å². The Morgan fingerprint density at radius 2 is 1.81 bits per heavy atom. The van der Waals surface area contributed by atoms with Gasteiger partial charge in [0, 0.05) is 12.2 Å². The molecule has 1 amide bonds. The van der Waals surface area contributed by atoms with Crippen LogP contribution in [0.1, 0.15) is 27.6 Å². The first-order valence-corrected chi connectivity index (χ1v) is 7.64. The lowest BCUT2D eigenvalue weighted by Gasteiger charge is -2.21. The predicted molar refractivity (Wildman–Crippen MR) is 85.5 cm³/mol. The summed E-state index contributed by atoms with van der Waals surface area (Å²) in [6.07, 6.45) is -4.45. The molecular formula is C17H16F3N3O3. The van der Waals surface area contributed by atoms with Gasteiger partial charge in [-0.15, -0.1) is 0 Å². The molecule has 1 heterocycles. The molecular weight excluding hydrogens is 351 g/mol. The van der Waals surface area contributed by atoms with Crippen molar-refractivity contribution in [3.05, 3.63) is 59.2 Å². The van der Waals surface area contributed by atoms with E-state index in [9.17, 15) is 22.8 Å². The Hall–Kier alpha value is -2.97. The van der Waals surface area contributed by atoms with Gasteiger partial charge in [0.05, 0.1) is 0 Å². The first-order chi connectivity index (χ1) is 12.2. The molecule has 26 heavy (non-hydrogen) atoms. The second-order valence-electron chi connectivity index (χ2n) is 5.57. The SMILES string of the molecule is Cc1cc(C(=O)N(CCc2ccccc2)CC(=O)O)nc(C(F)(F)F)n1. The van der Waals surface area contributed by atoms with Crippen LogP contribution in [0.25, 0.3) is 0 Å². The summed E-state index contributed by atoms with van der Waals surface area (Å²) < 4.78 is 38.5. The van der Waals surface area contributed by atoms with Crippen molar-refractivity contribution in [1.29, 1.82) is 0 Å². The van der Waals surface area contributed by atoms with Gasteiger partial charge in [-0.05, 0) is 25.0 Å². The molecule has 0 fully saturated rings. The highest BCUT2D eigenvalue weighted by Gasteiger charge is 2.36. The van der Waals surface area contributed by atoms with E-state index in [1.807, 2.05) is 6.07 Å². The minimum absolute atomic E-state index is 0.0273. The van der Waals surface area contributed by atoms with E-state index < -0.39 is 36.1 Å². The summed E-state index contributed by atoms with van der Waals surface area (Å²) in [6.45, 7) is 0.689. The molecule has 0 bridgehead atoms. The van der Waals surface area contributed by atoms with Crippen molar-refractivity contribution in [3.63, 3.8) is 0 Å².